The van der Waals surface area contributed by atoms with Crippen molar-refractivity contribution in [2.24, 2.45) is 0 Å². The Morgan fingerprint density at radius 1 is 0.611 bits per heavy atom. The van der Waals surface area contributed by atoms with E-state index < -0.39 is 0 Å². The number of carbonyl (C=O) groups excluding carboxylic acids is 1. The molecule has 0 aliphatic rings. The summed E-state index contributed by atoms with van der Waals surface area (Å²) in [5.41, 5.74) is 0. The van der Waals surface area contributed by atoms with E-state index in [1.165, 1.54) is 77.0 Å². The van der Waals surface area contributed by atoms with Crippen molar-refractivity contribution in [1.82, 2.24) is 6.15 Å². The summed E-state index contributed by atoms with van der Waals surface area (Å²) in [6.07, 6.45) is 19.6. The van der Waals surface area contributed by atoms with Crippen LogP contribution in [-0.4, -0.2) is 6.29 Å². The Balaban J connectivity index is 0. The topological polar surface area (TPSA) is 52.1 Å². The lowest BCUT2D eigenvalue weighted by atomic mass is 10.0. The standard InChI is InChI=1S/C16H32O.H3N/c1-2-3-4-5-6-7-8-9-10-11-12-13-14-15-16-17;/h16H,2-15H2,1H3;1H3. The summed E-state index contributed by atoms with van der Waals surface area (Å²) in [5, 5.41) is 0. The van der Waals surface area contributed by atoms with Gasteiger partial charge in [0.15, 0.2) is 0 Å². The fraction of sp³-hybridized carbons (Fsp3) is 0.938. The number of hydrogen-bond donors (Lipinski definition) is 1. The average molecular weight is 257 g/mol. The molecule has 0 radical (unpaired) electrons. The summed E-state index contributed by atoms with van der Waals surface area (Å²) in [6.45, 7) is 2.27. The molecule has 0 amide bonds. The highest BCUT2D eigenvalue weighted by Gasteiger charge is 1.93. The summed E-state index contributed by atoms with van der Waals surface area (Å²) in [4.78, 5) is 10.1. The summed E-state index contributed by atoms with van der Waals surface area (Å²) >= 11 is 0. The molecule has 0 saturated carbocycles. The minimum Gasteiger partial charge on any atom is -0.344 e. The first-order valence-corrected chi connectivity index (χ1v) is 7.85. The second kappa shape index (κ2) is 19.0. The van der Waals surface area contributed by atoms with Gasteiger partial charge in [0.25, 0.3) is 0 Å². The molecule has 18 heavy (non-hydrogen) atoms. The van der Waals surface area contributed by atoms with Gasteiger partial charge in [-0.25, -0.2) is 0 Å². The Kier molecular flexibility index (Phi) is 21.0. The summed E-state index contributed by atoms with van der Waals surface area (Å²) in [7, 11) is 0. The van der Waals surface area contributed by atoms with Gasteiger partial charge in [-0.1, -0.05) is 84.0 Å². The number of hydrogen-bond acceptors (Lipinski definition) is 2. The van der Waals surface area contributed by atoms with Gasteiger partial charge in [-0.3, -0.25) is 0 Å². The molecule has 0 aromatic carbocycles. The van der Waals surface area contributed by atoms with E-state index in [-0.39, 0.29) is 6.15 Å². The largest absolute Gasteiger partial charge is 0.344 e. The van der Waals surface area contributed by atoms with Crippen LogP contribution in [0.1, 0.15) is 96.8 Å². The maximum atomic E-state index is 10.1. The van der Waals surface area contributed by atoms with Crippen molar-refractivity contribution >= 4 is 6.29 Å². The Bertz CT molecular complexity index is 148. The molecule has 2 heteroatoms. The van der Waals surface area contributed by atoms with Crippen LogP contribution in [0, 0.1) is 0 Å². The van der Waals surface area contributed by atoms with E-state index in [4.69, 9.17) is 0 Å². The highest BCUT2D eigenvalue weighted by Crippen LogP contribution is 2.12. The van der Waals surface area contributed by atoms with E-state index in [1.807, 2.05) is 0 Å². The molecule has 0 spiro atoms. The fourth-order valence-electron chi connectivity index (χ4n) is 2.25. The fourth-order valence-corrected chi connectivity index (χ4v) is 2.25. The maximum Gasteiger partial charge on any atom is 0.119 e. The zero-order chi connectivity index (χ0) is 12.6. The Labute approximate surface area is 115 Å². The van der Waals surface area contributed by atoms with Crippen molar-refractivity contribution in [3.05, 3.63) is 0 Å². The van der Waals surface area contributed by atoms with Crippen LogP contribution in [0.2, 0.25) is 0 Å². The minimum absolute atomic E-state index is 0. The van der Waals surface area contributed by atoms with E-state index in [1.54, 1.807) is 0 Å². The number of unbranched alkanes of at least 4 members (excludes halogenated alkanes) is 13. The molecule has 0 atom stereocenters. The quantitative estimate of drug-likeness (QED) is 0.314. The van der Waals surface area contributed by atoms with Crippen LogP contribution in [0.15, 0.2) is 0 Å². The van der Waals surface area contributed by atoms with Gasteiger partial charge in [0, 0.05) is 6.42 Å². The lowest BCUT2D eigenvalue weighted by Gasteiger charge is -2.02. The molecule has 2 nitrogen and oxygen atoms in total. The predicted molar refractivity (Wildman–Crippen MR) is 81.4 cm³/mol. The zero-order valence-corrected chi connectivity index (χ0v) is 12.6. The van der Waals surface area contributed by atoms with Gasteiger partial charge in [-0.05, 0) is 6.42 Å². The molecule has 0 bridgehead atoms. The van der Waals surface area contributed by atoms with Crippen molar-refractivity contribution in [3.63, 3.8) is 0 Å². The van der Waals surface area contributed by atoms with Crippen molar-refractivity contribution in [2.75, 3.05) is 0 Å². The van der Waals surface area contributed by atoms with Crippen LogP contribution in [0.25, 0.3) is 0 Å². The Hall–Kier alpha value is -0.370. The van der Waals surface area contributed by atoms with Gasteiger partial charge < -0.3 is 10.9 Å². The summed E-state index contributed by atoms with van der Waals surface area (Å²) < 4.78 is 0. The minimum atomic E-state index is 0. The first kappa shape index (κ1) is 20.0. The van der Waals surface area contributed by atoms with Gasteiger partial charge in [-0.15, -0.1) is 0 Å². The molecule has 0 fully saturated rings. The molecule has 0 rings (SSSR count). The van der Waals surface area contributed by atoms with E-state index in [9.17, 15) is 4.79 Å². The van der Waals surface area contributed by atoms with Crippen molar-refractivity contribution in [2.45, 2.75) is 96.8 Å². The lowest BCUT2D eigenvalue weighted by Crippen LogP contribution is -1.83. The molecule has 110 valence electrons. The van der Waals surface area contributed by atoms with Gasteiger partial charge >= 0.3 is 0 Å². The maximum absolute atomic E-state index is 10.1. The first-order valence-electron chi connectivity index (χ1n) is 7.85. The van der Waals surface area contributed by atoms with Gasteiger partial charge in [0.2, 0.25) is 0 Å². The Morgan fingerprint density at radius 2 is 0.944 bits per heavy atom. The van der Waals surface area contributed by atoms with Gasteiger partial charge in [-0.2, -0.15) is 0 Å². The van der Waals surface area contributed by atoms with Crippen LogP contribution in [0.3, 0.4) is 0 Å². The number of carbonyl (C=O) groups is 1. The SMILES string of the molecule is CCCCCCCCCCCCCCCC=O.N. The van der Waals surface area contributed by atoms with Crippen LogP contribution in [0.4, 0.5) is 0 Å². The molecule has 0 heterocycles. The third kappa shape index (κ3) is 18.0. The van der Waals surface area contributed by atoms with Crippen LogP contribution in [-0.2, 0) is 4.79 Å². The molecule has 3 N–H and O–H groups in total. The second-order valence-corrected chi connectivity index (χ2v) is 5.20. The summed E-state index contributed by atoms with van der Waals surface area (Å²) in [5.74, 6) is 0. The molecule has 0 unspecified atom stereocenters. The van der Waals surface area contributed by atoms with E-state index >= 15 is 0 Å². The van der Waals surface area contributed by atoms with Crippen molar-refractivity contribution in [1.29, 1.82) is 0 Å². The molecule has 0 aromatic rings. The average Bonchev–Trinajstić information content (AvgIpc) is 2.35. The van der Waals surface area contributed by atoms with E-state index in [2.05, 4.69) is 6.92 Å². The zero-order valence-electron chi connectivity index (χ0n) is 12.6. The molecule has 0 saturated heterocycles. The van der Waals surface area contributed by atoms with Crippen LogP contribution >= 0.6 is 0 Å². The molecule has 0 aliphatic heterocycles. The molecular weight excluding hydrogens is 222 g/mol. The molecular formula is C16H35NO. The van der Waals surface area contributed by atoms with Crippen LogP contribution in [0.5, 0.6) is 0 Å². The predicted octanol–water partition coefficient (Wildman–Crippen LogP) is 5.83. The molecule has 0 aromatic heterocycles. The van der Waals surface area contributed by atoms with Gasteiger partial charge in [0.1, 0.15) is 6.29 Å². The van der Waals surface area contributed by atoms with E-state index in [0.29, 0.717) is 0 Å². The van der Waals surface area contributed by atoms with Crippen molar-refractivity contribution < 1.29 is 4.79 Å². The normalized spacial score (nSPS) is 10.1. The third-order valence-electron chi connectivity index (χ3n) is 3.43. The molecule has 0 aliphatic carbocycles. The smallest absolute Gasteiger partial charge is 0.119 e. The Morgan fingerprint density at radius 3 is 1.28 bits per heavy atom. The first-order chi connectivity index (χ1) is 8.41. The van der Waals surface area contributed by atoms with E-state index in [0.717, 1.165) is 19.1 Å². The summed E-state index contributed by atoms with van der Waals surface area (Å²) in [6, 6.07) is 0. The number of rotatable bonds is 14. The monoisotopic (exact) mass is 257 g/mol. The second-order valence-electron chi connectivity index (χ2n) is 5.20. The van der Waals surface area contributed by atoms with Crippen molar-refractivity contribution in [3.8, 4) is 0 Å². The van der Waals surface area contributed by atoms with Gasteiger partial charge in [0.05, 0.1) is 0 Å². The number of aldehydes is 1. The lowest BCUT2D eigenvalue weighted by molar-refractivity contribution is -0.107. The highest BCUT2D eigenvalue weighted by atomic mass is 16.1. The van der Waals surface area contributed by atoms with Crippen LogP contribution < -0.4 is 6.15 Å². The third-order valence-corrected chi connectivity index (χ3v) is 3.43. The highest BCUT2D eigenvalue weighted by molar-refractivity contribution is 5.48.